The van der Waals surface area contributed by atoms with Crippen molar-refractivity contribution in [2.45, 2.75) is 32.3 Å². The Morgan fingerprint density at radius 1 is 1.36 bits per heavy atom. The van der Waals surface area contributed by atoms with Gasteiger partial charge in [-0.2, -0.15) is 0 Å². The molecule has 2 nitrogen and oxygen atoms in total. The lowest BCUT2D eigenvalue weighted by Gasteiger charge is -2.23. The zero-order valence-corrected chi connectivity index (χ0v) is 8.49. The highest BCUT2D eigenvalue weighted by molar-refractivity contribution is 5.37. The SMILES string of the molecule is Cc1ccc(O)c(C2CCCCO2)c1. The molecule has 1 aromatic rings. The van der Waals surface area contributed by atoms with E-state index < -0.39 is 0 Å². The fourth-order valence-corrected chi connectivity index (χ4v) is 1.92. The molecule has 1 aliphatic rings. The molecular weight excluding hydrogens is 176 g/mol. The summed E-state index contributed by atoms with van der Waals surface area (Å²) in [6.45, 7) is 2.85. The molecule has 0 saturated carbocycles. The van der Waals surface area contributed by atoms with E-state index >= 15 is 0 Å². The average molecular weight is 192 g/mol. The summed E-state index contributed by atoms with van der Waals surface area (Å²) in [6, 6.07) is 5.69. The number of hydrogen-bond acceptors (Lipinski definition) is 2. The third-order valence-electron chi connectivity index (χ3n) is 2.71. The second-order valence-corrected chi connectivity index (χ2v) is 3.92. The highest BCUT2D eigenvalue weighted by atomic mass is 16.5. The summed E-state index contributed by atoms with van der Waals surface area (Å²) >= 11 is 0. The number of aromatic hydroxyl groups is 1. The summed E-state index contributed by atoms with van der Waals surface area (Å²) in [6.07, 6.45) is 3.46. The molecule has 1 atom stereocenters. The Bertz CT molecular complexity index is 314. The molecule has 1 N–H and O–H groups in total. The Kier molecular flexibility index (Phi) is 2.73. The van der Waals surface area contributed by atoms with Gasteiger partial charge in [0.15, 0.2) is 0 Å². The number of benzene rings is 1. The maximum Gasteiger partial charge on any atom is 0.121 e. The van der Waals surface area contributed by atoms with E-state index in [-0.39, 0.29) is 6.10 Å². The first-order valence-electron chi connectivity index (χ1n) is 5.18. The van der Waals surface area contributed by atoms with Crippen molar-refractivity contribution < 1.29 is 9.84 Å². The Balaban J connectivity index is 2.24. The first kappa shape index (κ1) is 9.53. The van der Waals surface area contributed by atoms with E-state index in [4.69, 9.17) is 4.74 Å². The smallest absolute Gasteiger partial charge is 0.121 e. The van der Waals surface area contributed by atoms with Crippen LogP contribution >= 0.6 is 0 Å². The van der Waals surface area contributed by atoms with Crippen LogP contribution in [-0.2, 0) is 4.74 Å². The summed E-state index contributed by atoms with van der Waals surface area (Å²) < 4.78 is 5.64. The Morgan fingerprint density at radius 3 is 2.93 bits per heavy atom. The summed E-state index contributed by atoms with van der Waals surface area (Å²) in [7, 11) is 0. The lowest BCUT2D eigenvalue weighted by molar-refractivity contribution is 0.0136. The molecule has 0 aliphatic carbocycles. The van der Waals surface area contributed by atoms with Crippen LogP contribution in [0.15, 0.2) is 18.2 Å². The fraction of sp³-hybridized carbons (Fsp3) is 0.500. The Hall–Kier alpha value is -1.02. The Labute approximate surface area is 84.5 Å². The van der Waals surface area contributed by atoms with Gasteiger partial charge in [0, 0.05) is 12.2 Å². The van der Waals surface area contributed by atoms with E-state index in [2.05, 4.69) is 0 Å². The predicted molar refractivity (Wildman–Crippen MR) is 55.4 cm³/mol. The zero-order valence-electron chi connectivity index (χ0n) is 8.49. The van der Waals surface area contributed by atoms with Crippen LogP contribution in [0.2, 0.25) is 0 Å². The summed E-state index contributed by atoms with van der Waals surface area (Å²) in [5.41, 5.74) is 2.12. The molecule has 1 fully saturated rings. The number of rotatable bonds is 1. The number of ether oxygens (including phenoxy) is 1. The standard InChI is InChI=1S/C12H16O2/c1-9-5-6-11(13)10(8-9)12-4-2-3-7-14-12/h5-6,8,12-13H,2-4,7H2,1H3. The van der Waals surface area contributed by atoms with Crippen LogP contribution in [0.1, 0.15) is 36.5 Å². The van der Waals surface area contributed by atoms with Gasteiger partial charge in [-0.25, -0.2) is 0 Å². The predicted octanol–water partition coefficient (Wildman–Crippen LogP) is 2.94. The molecule has 0 aromatic heterocycles. The molecule has 1 heterocycles. The summed E-state index contributed by atoms with van der Waals surface area (Å²) in [4.78, 5) is 0. The quantitative estimate of drug-likeness (QED) is 0.741. The maximum absolute atomic E-state index is 9.71. The molecule has 0 radical (unpaired) electrons. The minimum atomic E-state index is 0.101. The van der Waals surface area contributed by atoms with E-state index in [0.717, 1.165) is 25.0 Å². The minimum absolute atomic E-state index is 0.101. The van der Waals surface area contributed by atoms with Crippen molar-refractivity contribution in [2.24, 2.45) is 0 Å². The van der Waals surface area contributed by atoms with Gasteiger partial charge in [0.25, 0.3) is 0 Å². The highest BCUT2D eigenvalue weighted by Gasteiger charge is 2.18. The molecule has 0 amide bonds. The molecule has 1 saturated heterocycles. The normalized spacial score (nSPS) is 22.2. The average Bonchev–Trinajstić information content (AvgIpc) is 2.23. The van der Waals surface area contributed by atoms with Gasteiger partial charge in [-0.05, 0) is 38.3 Å². The van der Waals surface area contributed by atoms with Crippen molar-refractivity contribution in [3.05, 3.63) is 29.3 Å². The topological polar surface area (TPSA) is 29.5 Å². The monoisotopic (exact) mass is 192 g/mol. The number of hydrogen-bond donors (Lipinski definition) is 1. The van der Waals surface area contributed by atoms with Gasteiger partial charge >= 0.3 is 0 Å². The molecule has 0 bridgehead atoms. The van der Waals surface area contributed by atoms with Gasteiger partial charge in [-0.3, -0.25) is 0 Å². The highest BCUT2D eigenvalue weighted by Crippen LogP contribution is 2.33. The van der Waals surface area contributed by atoms with E-state index in [1.807, 2.05) is 19.1 Å². The fourth-order valence-electron chi connectivity index (χ4n) is 1.92. The first-order valence-corrected chi connectivity index (χ1v) is 5.18. The van der Waals surface area contributed by atoms with Crippen molar-refractivity contribution in [3.8, 4) is 5.75 Å². The molecular formula is C12H16O2. The van der Waals surface area contributed by atoms with Crippen molar-refractivity contribution in [2.75, 3.05) is 6.61 Å². The molecule has 76 valence electrons. The van der Waals surface area contributed by atoms with Gasteiger partial charge < -0.3 is 9.84 Å². The van der Waals surface area contributed by atoms with Crippen LogP contribution in [0.3, 0.4) is 0 Å². The third kappa shape index (κ3) is 1.90. The molecule has 1 aromatic carbocycles. The van der Waals surface area contributed by atoms with Crippen molar-refractivity contribution >= 4 is 0 Å². The van der Waals surface area contributed by atoms with Crippen molar-refractivity contribution in [1.82, 2.24) is 0 Å². The van der Waals surface area contributed by atoms with E-state index in [0.29, 0.717) is 5.75 Å². The molecule has 2 heteroatoms. The van der Waals surface area contributed by atoms with Gasteiger partial charge in [0.1, 0.15) is 5.75 Å². The van der Waals surface area contributed by atoms with Gasteiger partial charge in [-0.1, -0.05) is 11.6 Å². The summed E-state index contributed by atoms with van der Waals surface area (Å²) in [5.74, 6) is 0.363. The van der Waals surface area contributed by atoms with Crippen LogP contribution in [0.5, 0.6) is 5.75 Å². The van der Waals surface area contributed by atoms with Crippen LogP contribution in [-0.4, -0.2) is 11.7 Å². The van der Waals surface area contributed by atoms with Crippen LogP contribution in [0.4, 0.5) is 0 Å². The van der Waals surface area contributed by atoms with Crippen LogP contribution in [0.25, 0.3) is 0 Å². The van der Waals surface area contributed by atoms with Crippen molar-refractivity contribution in [1.29, 1.82) is 0 Å². The molecule has 1 unspecified atom stereocenters. The number of phenols is 1. The number of aryl methyl sites for hydroxylation is 1. The summed E-state index contributed by atoms with van der Waals surface area (Å²) in [5, 5.41) is 9.71. The van der Waals surface area contributed by atoms with Gasteiger partial charge in [-0.15, -0.1) is 0 Å². The maximum atomic E-state index is 9.71. The lowest BCUT2D eigenvalue weighted by atomic mass is 9.99. The Morgan fingerprint density at radius 2 is 2.21 bits per heavy atom. The van der Waals surface area contributed by atoms with Crippen LogP contribution < -0.4 is 0 Å². The van der Waals surface area contributed by atoms with E-state index in [1.54, 1.807) is 6.07 Å². The second-order valence-electron chi connectivity index (χ2n) is 3.92. The van der Waals surface area contributed by atoms with Crippen molar-refractivity contribution in [3.63, 3.8) is 0 Å². The van der Waals surface area contributed by atoms with Gasteiger partial charge in [0.2, 0.25) is 0 Å². The van der Waals surface area contributed by atoms with E-state index in [1.165, 1.54) is 12.0 Å². The molecule has 14 heavy (non-hydrogen) atoms. The zero-order chi connectivity index (χ0) is 9.97. The van der Waals surface area contributed by atoms with Gasteiger partial charge in [0.05, 0.1) is 6.10 Å². The minimum Gasteiger partial charge on any atom is -0.508 e. The number of phenolic OH excluding ortho intramolecular Hbond substituents is 1. The third-order valence-corrected chi connectivity index (χ3v) is 2.71. The van der Waals surface area contributed by atoms with E-state index in [9.17, 15) is 5.11 Å². The molecule has 0 spiro atoms. The first-order chi connectivity index (χ1) is 6.77. The molecule has 2 rings (SSSR count). The van der Waals surface area contributed by atoms with Crippen LogP contribution in [0, 0.1) is 6.92 Å². The molecule has 1 aliphatic heterocycles. The lowest BCUT2D eigenvalue weighted by Crippen LogP contribution is -2.11. The largest absolute Gasteiger partial charge is 0.508 e. The second kappa shape index (κ2) is 4.01.